The van der Waals surface area contributed by atoms with Crippen LogP contribution in [0.15, 0.2) is 24.3 Å². The fourth-order valence-electron chi connectivity index (χ4n) is 2.29. The second-order valence-corrected chi connectivity index (χ2v) is 4.81. The molecule has 1 atom stereocenters. The van der Waals surface area contributed by atoms with Crippen LogP contribution >= 0.6 is 0 Å². The maximum atomic E-state index is 11.0. The zero-order valence-corrected chi connectivity index (χ0v) is 11.0. The molecule has 1 aromatic carbocycles. The quantitative estimate of drug-likeness (QED) is 0.891. The zero-order chi connectivity index (χ0) is 13.0. The summed E-state index contributed by atoms with van der Waals surface area (Å²) in [5.41, 5.74) is 2.54. The predicted molar refractivity (Wildman–Crippen MR) is 71.9 cm³/mol. The lowest BCUT2D eigenvalue weighted by Crippen LogP contribution is -2.30. The molecule has 0 aliphatic carbocycles. The Bertz CT molecular complexity index is 403. The monoisotopic (exact) mass is 248 g/mol. The van der Waals surface area contributed by atoms with Crippen molar-refractivity contribution in [1.82, 2.24) is 5.32 Å². The molecule has 1 aliphatic heterocycles. The van der Waals surface area contributed by atoms with Crippen LogP contribution in [-0.2, 0) is 4.74 Å². The van der Waals surface area contributed by atoms with E-state index < -0.39 is 0 Å². The first-order chi connectivity index (χ1) is 8.69. The van der Waals surface area contributed by atoms with E-state index in [9.17, 15) is 4.79 Å². The van der Waals surface area contributed by atoms with Crippen molar-refractivity contribution >= 4 is 11.8 Å². The number of carbonyl (C=O) groups excluding carboxylic acids is 1. The molecule has 0 spiro atoms. The number of benzene rings is 1. The minimum absolute atomic E-state index is 0.344. The van der Waals surface area contributed by atoms with Crippen LogP contribution in [0.1, 0.15) is 12.0 Å². The molecule has 2 rings (SSSR count). The Labute approximate surface area is 108 Å². The molecule has 1 N–H and O–H groups in total. The molecule has 1 fully saturated rings. The lowest BCUT2D eigenvalue weighted by atomic mass is 10.1. The Hall–Kier alpha value is -1.71. The van der Waals surface area contributed by atoms with Gasteiger partial charge in [0, 0.05) is 25.3 Å². The standard InChI is InChI=1S/C14H20N2O2/c1-11-3-5-13(6-4-11)16-8-7-12(10-16)9-15-14(17)18-2/h3-6,12H,7-10H2,1-2H3,(H,15,17). The molecule has 0 radical (unpaired) electrons. The Morgan fingerprint density at radius 2 is 2.17 bits per heavy atom. The summed E-state index contributed by atoms with van der Waals surface area (Å²) in [6.45, 7) is 4.83. The molecule has 98 valence electrons. The Morgan fingerprint density at radius 1 is 1.44 bits per heavy atom. The van der Waals surface area contributed by atoms with Crippen LogP contribution in [0.3, 0.4) is 0 Å². The average Bonchev–Trinajstić information content (AvgIpc) is 2.85. The molecule has 1 heterocycles. The van der Waals surface area contributed by atoms with Crippen molar-refractivity contribution in [3.63, 3.8) is 0 Å². The number of ether oxygens (including phenoxy) is 1. The molecule has 1 aromatic rings. The highest BCUT2D eigenvalue weighted by molar-refractivity contribution is 5.66. The summed E-state index contributed by atoms with van der Waals surface area (Å²) >= 11 is 0. The fourth-order valence-corrected chi connectivity index (χ4v) is 2.29. The van der Waals surface area contributed by atoms with Crippen LogP contribution in [0.4, 0.5) is 10.5 Å². The van der Waals surface area contributed by atoms with Crippen LogP contribution in [0.5, 0.6) is 0 Å². The third-order valence-corrected chi connectivity index (χ3v) is 3.41. The van der Waals surface area contributed by atoms with Gasteiger partial charge in [-0.3, -0.25) is 0 Å². The summed E-state index contributed by atoms with van der Waals surface area (Å²) in [6, 6.07) is 8.58. The van der Waals surface area contributed by atoms with Gasteiger partial charge in [0.15, 0.2) is 0 Å². The number of hydrogen-bond acceptors (Lipinski definition) is 3. The molecule has 1 unspecified atom stereocenters. The number of nitrogens with zero attached hydrogens (tertiary/aromatic N) is 1. The van der Waals surface area contributed by atoms with Gasteiger partial charge in [-0.1, -0.05) is 17.7 Å². The largest absolute Gasteiger partial charge is 0.453 e. The van der Waals surface area contributed by atoms with Gasteiger partial charge in [0.1, 0.15) is 0 Å². The number of anilines is 1. The van der Waals surface area contributed by atoms with Gasteiger partial charge in [-0.05, 0) is 31.4 Å². The second-order valence-electron chi connectivity index (χ2n) is 4.81. The number of aryl methyl sites for hydroxylation is 1. The number of hydrogen-bond donors (Lipinski definition) is 1. The molecule has 0 saturated carbocycles. The lowest BCUT2D eigenvalue weighted by Gasteiger charge is -2.19. The van der Waals surface area contributed by atoms with E-state index in [1.807, 2.05) is 0 Å². The molecule has 0 aromatic heterocycles. The molecule has 4 heteroatoms. The van der Waals surface area contributed by atoms with Crippen LogP contribution < -0.4 is 10.2 Å². The van der Waals surface area contributed by atoms with E-state index in [2.05, 4.69) is 46.1 Å². The van der Waals surface area contributed by atoms with Gasteiger partial charge in [-0.2, -0.15) is 0 Å². The SMILES string of the molecule is COC(=O)NCC1CCN(c2ccc(C)cc2)C1. The number of rotatable bonds is 3. The molecule has 18 heavy (non-hydrogen) atoms. The minimum atomic E-state index is -0.344. The number of amides is 1. The van der Waals surface area contributed by atoms with Gasteiger partial charge in [-0.15, -0.1) is 0 Å². The van der Waals surface area contributed by atoms with E-state index in [1.54, 1.807) is 0 Å². The van der Waals surface area contributed by atoms with Gasteiger partial charge in [-0.25, -0.2) is 4.79 Å². The van der Waals surface area contributed by atoms with Crippen LogP contribution in [0, 0.1) is 12.8 Å². The molecular weight excluding hydrogens is 228 g/mol. The fraction of sp³-hybridized carbons (Fsp3) is 0.500. The van der Waals surface area contributed by atoms with E-state index in [0.29, 0.717) is 12.5 Å². The summed E-state index contributed by atoms with van der Waals surface area (Å²) in [6.07, 6.45) is 0.765. The molecule has 0 bridgehead atoms. The number of nitrogens with one attached hydrogen (secondary N) is 1. The van der Waals surface area contributed by atoms with E-state index in [1.165, 1.54) is 18.4 Å². The van der Waals surface area contributed by atoms with Gasteiger partial charge in [0.25, 0.3) is 0 Å². The minimum Gasteiger partial charge on any atom is -0.453 e. The van der Waals surface area contributed by atoms with Gasteiger partial charge >= 0.3 is 6.09 Å². The Morgan fingerprint density at radius 3 is 2.83 bits per heavy atom. The van der Waals surface area contributed by atoms with Crippen molar-refractivity contribution in [1.29, 1.82) is 0 Å². The number of alkyl carbamates (subject to hydrolysis) is 1. The van der Waals surface area contributed by atoms with E-state index in [0.717, 1.165) is 19.5 Å². The predicted octanol–water partition coefficient (Wildman–Crippen LogP) is 2.18. The van der Waals surface area contributed by atoms with Crippen molar-refractivity contribution in [3.05, 3.63) is 29.8 Å². The van der Waals surface area contributed by atoms with Crippen LogP contribution in [0.25, 0.3) is 0 Å². The van der Waals surface area contributed by atoms with Gasteiger partial charge in [0.05, 0.1) is 7.11 Å². The highest BCUT2D eigenvalue weighted by Crippen LogP contribution is 2.23. The zero-order valence-electron chi connectivity index (χ0n) is 11.0. The normalized spacial score (nSPS) is 18.8. The third kappa shape index (κ3) is 3.15. The summed E-state index contributed by atoms with van der Waals surface area (Å²) < 4.78 is 4.57. The maximum Gasteiger partial charge on any atom is 0.406 e. The maximum absolute atomic E-state index is 11.0. The highest BCUT2D eigenvalue weighted by Gasteiger charge is 2.22. The molecule has 1 amide bonds. The molecular formula is C14H20N2O2. The Balaban J connectivity index is 1.84. The van der Waals surface area contributed by atoms with E-state index >= 15 is 0 Å². The van der Waals surface area contributed by atoms with Crippen molar-refractivity contribution < 1.29 is 9.53 Å². The van der Waals surface area contributed by atoms with E-state index in [-0.39, 0.29) is 6.09 Å². The first kappa shape index (κ1) is 12.7. The van der Waals surface area contributed by atoms with Crippen LogP contribution in [0.2, 0.25) is 0 Å². The van der Waals surface area contributed by atoms with E-state index in [4.69, 9.17) is 0 Å². The van der Waals surface area contributed by atoms with Gasteiger partial charge in [0.2, 0.25) is 0 Å². The third-order valence-electron chi connectivity index (χ3n) is 3.41. The van der Waals surface area contributed by atoms with Gasteiger partial charge < -0.3 is 15.0 Å². The summed E-state index contributed by atoms with van der Waals surface area (Å²) in [5, 5.41) is 2.77. The molecule has 1 saturated heterocycles. The topological polar surface area (TPSA) is 41.6 Å². The second kappa shape index (κ2) is 5.76. The lowest BCUT2D eigenvalue weighted by molar-refractivity contribution is 0.169. The summed E-state index contributed by atoms with van der Waals surface area (Å²) in [4.78, 5) is 13.4. The van der Waals surface area contributed by atoms with Crippen molar-refractivity contribution in [2.45, 2.75) is 13.3 Å². The number of methoxy groups -OCH3 is 1. The first-order valence-corrected chi connectivity index (χ1v) is 6.32. The highest BCUT2D eigenvalue weighted by atomic mass is 16.5. The van der Waals surface area contributed by atoms with Crippen LogP contribution in [-0.4, -0.2) is 32.8 Å². The van der Waals surface area contributed by atoms with Crippen molar-refractivity contribution in [2.75, 3.05) is 31.6 Å². The number of carbonyl (C=O) groups is 1. The molecule has 4 nitrogen and oxygen atoms in total. The first-order valence-electron chi connectivity index (χ1n) is 6.32. The van der Waals surface area contributed by atoms with Crippen molar-refractivity contribution in [3.8, 4) is 0 Å². The average molecular weight is 248 g/mol. The smallest absolute Gasteiger partial charge is 0.406 e. The summed E-state index contributed by atoms with van der Waals surface area (Å²) in [5.74, 6) is 0.505. The van der Waals surface area contributed by atoms with Crippen molar-refractivity contribution in [2.24, 2.45) is 5.92 Å². The Kier molecular flexibility index (Phi) is 4.07. The summed E-state index contributed by atoms with van der Waals surface area (Å²) in [7, 11) is 1.39. The molecule has 1 aliphatic rings.